The average Bonchev–Trinajstić information content (AvgIpc) is 3.45. The quantitative estimate of drug-likeness (QED) is 0.496. The van der Waals surface area contributed by atoms with Crippen LogP contribution in [0.3, 0.4) is 0 Å². The number of carbonyl (C=O) groups is 1. The highest BCUT2D eigenvalue weighted by atomic mass is 32.2. The van der Waals surface area contributed by atoms with Crippen molar-refractivity contribution in [1.82, 2.24) is 25.1 Å². The van der Waals surface area contributed by atoms with Gasteiger partial charge in [0.1, 0.15) is 0 Å². The Morgan fingerprint density at radius 3 is 2.83 bits per heavy atom. The molecular weight excluding hydrogens is 442 g/mol. The molecule has 1 fully saturated rings. The molecule has 30 heavy (non-hydrogen) atoms. The van der Waals surface area contributed by atoms with Crippen LogP contribution >= 0.6 is 23.1 Å². The minimum absolute atomic E-state index is 0.0235. The molecule has 0 aliphatic carbocycles. The molecule has 1 aromatic carbocycles. The third-order valence-corrected chi connectivity index (χ3v) is 8.50. The molecule has 11 heteroatoms. The van der Waals surface area contributed by atoms with Crippen LogP contribution in [0.4, 0.5) is 0 Å². The van der Waals surface area contributed by atoms with Crippen LogP contribution in [0.15, 0.2) is 46.9 Å². The van der Waals surface area contributed by atoms with Crippen molar-refractivity contribution in [3.8, 4) is 5.69 Å². The van der Waals surface area contributed by atoms with E-state index in [2.05, 4.69) is 15.5 Å². The van der Waals surface area contributed by atoms with Crippen LogP contribution in [0.25, 0.3) is 5.69 Å². The average molecular weight is 464 g/mol. The van der Waals surface area contributed by atoms with Gasteiger partial charge in [-0.3, -0.25) is 4.79 Å². The van der Waals surface area contributed by atoms with Gasteiger partial charge in [0.15, 0.2) is 9.84 Å². The zero-order chi connectivity index (χ0) is 21.1. The summed E-state index contributed by atoms with van der Waals surface area (Å²) < 4.78 is 25.6. The number of thiophene rings is 1. The standard InChI is InChI=1S/C19H21N5O3S3/c1-14-5-2-3-7-17(14)24-19(20-21-22-24)29-12-18(25)23(11-16-6-4-9-28-16)15-8-10-30(26,27)13-15/h2-7,9,15H,8,10-13H2,1H3. The summed E-state index contributed by atoms with van der Waals surface area (Å²) in [4.78, 5) is 15.8. The van der Waals surface area contributed by atoms with Gasteiger partial charge in [0, 0.05) is 10.9 Å². The SMILES string of the molecule is Cc1ccccc1-n1nnnc1SCC(=O)N(Cc1cccs1)C1CCS(=O)(=O)C1. The zero-order valence-electron chi connectivity index (χ0n) is 16.3. The number of nitrogens with zero attached hydrogens (tertiary/aromatic N) is 5. The zero-order valence-corrected chi connectivity index (χ0v) is 18.8. The second kappa shape index (κ2) is 8.86. The summed E-state index contributed by atoms with van der Waals surface area (Å²) in [6.45, 7) is 2.39. The highest BCUT2D eigenvalue weighted by Crippen LogP contribution is 2.25. The number of rotatable bonds is 7. The second-order valence-corrected chi connectivity index (χ2v) is 11.3. The number of aromatic nitrogens is 4. The number of benzene rings is 1. The van der Waals surface area contributed by atoms with Crippen molar-refractivity contribution >= 4 is 38.8 Å². The predicted octanol–water partition coefficient (Wildman–Crippen LogP) is 2.34. The lowest BCUT2D eigenvalue weighted by molar-refractivity contribution is -0.130. The molecule has 3 aromatic rings. The van der Waals surface area contributed by atoms with E-state index < -0.39 is 9.84 Å². The minimum Gasteiger partial charge on any atom is -0.333 e. The Balaban J connectivity index is 1.50. The lowest BCUT2D eigenvalue weighted by atomic mass is 10.2. The largest absolute Gasteiger partial charge is 0.333 e. The second-order valence-electron chi connectivity index (χ2n) is 7.11. The van der Waals surface area contributed by atoms with Crippen LogP contribution < -0.4 is 0 Å². The number of aryl methyl sites for hydroxylation is 1. The maximum atomic E-state index is 13.1. The third-order valence-electron chi connectivity index (χ3n) is 4.99. The first-order valence-electron chi connectivity index (χ1n) is 9.42. The van der Waals surface area contributed by atoms with Crippen LogP contribution in [0.5, 0.6) is 0 Å². The summed E-state index contributed by atoms with van der Waals surface area (Å²) in [5, 5.41) is 14.4. The van der Waals surface area contributed by atoms with Gasteiger partial charge in [0.05, 0.1) is 29.5 Å². The number of tetrazole rings is 1. The summed E-state index contributed by atoms with van der Waals surface area (Å²) >= 11 is 2.81. The third kappa shape index (κ3) is 4.73. The van der Waals surface area contributed by atoms with Crippen LogP contribution in [-0.4, -0.2) is 62.7 Å². The van der Waals surface area contributed by atoms with Crippen LogP contribution in [-0.2, 0) is 21.2 Å². The van der Waals surface area contributed by atoms with Gasteiger partial charge in [-0.15, -0.1) is 16.4 Å². The van der Waals surface area contributed by atoms with Crippen molar-refractivity contribution in [3.05, 3.63) is 52.2 Å². The van der Waals surface area contributed by atoms with Gasteiger partial charge < -0.3 is 4.90 Å². The number of hydrogen-bond donors (Lipinski definition) is 0. The Bertz CT molecular complexity index is 1130. The topological polar surface area (TPSA) is 98.1 Å². The maximum Gasteiger partial charge on any atom is 0.233 e. The summed E-state index contributed by atoms with van der Waals surface area (Å²) in [5.41, 5.74) is 1.88. The Kier molecular flexibility index (Phi) is 6.21. The number of sulfone groups is 1. The van der Waals surface area contributed by atoms with Crippen molar-refractivity contribution in [2.75, 3.05) is 17.3 Å². The summed E-state index contributed by atoms with van der Waals surface area (Å²) in [7, 11) is -3.09. The van der Waals surface area contributed by atoms with E-state index in [9.17, 15) is 13.2 Å². The number of para-hydroxylation sites is 1. The van der Waals surface area contributed by atoms with Crippen molar-refractivity contribution in [2.45, 2.75) is 31.1 Å². The highest BCUT2D eigenvalue weighted by molar-refractivity contribution is 7.99. The van der Waals surface area contributed by atoms with E-state index in [1.165, 1.54) is 11.8 Å². The van der Waals surface area contributed by atoms with Crippen molar-refractivity contribution in [3.63, 3.8) is 0 Å². The van der Waals surface area contributed by atoms with Gasteiger partial charge in [-0.2, -0.15) is 4.68 Å². The molecular formula is C19H21N5O3S3. The molecule has 1 unspecified atom stereocenters. The molecule has 1 amide bonds. The molecule has 0 N–H and O–H groups in total. The van der Waals surface area contributed by atoms with Crippen molar-refractivity contribution in [1.29, 1.82) is 0 Å². The van der Waals surface area contributed by atoms with Crippen LogP contribution in [0.2, 0.25) is 0 Å². The molecule has 1 aliphatic heterocycles. The van der Waals surface area contributed by atoms with E-state index in [4.69, 9.17) is 0 Å². The first kappa shape index (κ1) is 21.0. The van der Waals surface area contributed by atoms with Gasteiger partial charge in [-0.25, -0.2) is 8.42 Å². The summed E-state index contributed by atoms with van der Waals surface area (Å²) in [6.07, 6.45) is 0.477. The number of hydrogen-bond acceptors (Lipinski definition) is 8. The lowest BCUT2D eigenvalue weighted by Crippen LogP contribution is -2.41. The molecule has 2 aromatic heterocycles. The fourth-order valence-electron chi connectivity index (χ4n) is 3.44. The molecule has 4 rings (SSSR count). The Morgan fingerprint density at radius 2 is 2.13 bits per heavy atom. The highest BCUT2D eigenvalue weighted by Gasteiger charge is 2.35. The van der Waals surface area contributed by atoms with Crippen molar-refractivity contribution in [2.24, 2.45) is 0 Å². The van der Waals surface area contributed by atoms with E-state index >= 15 is 0 Å². The van der Waals surface area contributed by atoms with E-state index in [0.29, 0.717) is 18.1 Å². The molecule has 0 saturated carbocycles. The Labute approximate surface area is 183 Å². The molecule has 1 saturated heterocycles. The fraction of sp³-hybridized carbons (Fsp3) is 0.368. The Hall–Kier alpha value is -2.24. The van der Waals surface area contributed by atoms with Gasteiger partial charge in [0.2, 0.25) is 11.1 Å². The normalized spacial score (nSPS) is 17.8. The monoisotopic (exact) mass is 463 g/mol. The molecule has 8 nitrogen and oxygen atoms in total. The lowest BCUT2D eigenvalue weighted by Gasteiger charge is -2.27. The number of carbonyl (C=O) groups excluding carboxylic acids is 1. The van der Waals surface area contributed by atoms with E-state index in [-0.39, 0.29) is 29.2 Å². The van der Waals surface area contributed by atoms with Gasteiger partial charge in [0.25, 0.3) is 0 Å². The smallest absolute Gasteiger partial charge is 0.233 e. The predicted molar refractivity (Wildman–Crippen MR) is 117 cm³/mol. The maximum absolute atomic E-state index is 13.1. The molecule has 1 atom stereocenters. The van der Waals surface area contributed by atoms with E-state index in [0.717, 1.165) is 16.1 Å². The van der Waals surface area contributed by atoms with Gasteiger partial charge in [-0.1, -0.05) is 36.0 Å². The van der Waals surface area contributed by atoms with Crippen molar-refractivity contribution < 1.29 is 13.2 Å². The Morgan fingerprint density at radius 1 is 1.30 bits per heavy atom. The molecule has 1 aliphatic rings. The molecule has 158 valence electrons. The summed E-state index contributed by atoms with van der Waals surface area (Å²) in [5.74, 6) is 0.170. The minimum atomic E-state index is -3.09. The van der Waals surface area contributed by atoms with Gasteiger partial charge in [-0.05, 0) is 46.8 Å². The molecule has 0 bridgehead atoms. The molecule has 0 radical (unpaired) electrons. The first-order chi connectivity index (χ1) is 14.4. The first-order valence-corrected chi connectivity index (χ1v) is 13.1. The number of thioether (sulfide) groups is 1. The van der Waals surface area contributed by atoms with E-state index in [1.807, 2.05) is 48.7 Å². The van der Waals surface area contributed by atoms with Crippen LogP contribution in [0.1, 0.15) is 16.9 Å². The number of amides is 1. The summed E-state index contributed by atoms with van der Waals surface area (Å²) in [6, 6.07) is 11.3. The van der Waals surface area contributed by atoms with Gasteiger partial charge >= 0.3 is 0 Å². The van der Waals surface area contributed by atoms with Crippen LogP contribution in [0, 0.1) is 6.92 Å². The van der Waals surface area contributed by atoms with E-state index in [1.54, 1.807) is 20.9 Å². The molecule has 3 heterocycles. The molecule has 0 spiro atoms. The fourth-order valence-corrected chi connectivity index (χ4v) is 6.65.